The molecule has 0 atom stereocenters. The average Bonchev–Trinajstić information content (AvgIpc) is 2.12. The van der Waals surface area contributed by atoms with Gasteiger partial charge in [-0.15, -0.1) is 31.2 Å². The Morgan fingerprint density at radius 2 is 1.91 bits per heavy atom. The third-order valence-electron chi connectivity index (χ3n) is 1.39. The van der Waals surface area contributed by atoms with Crippen molar-refractivity contribution in [3.63, 3.8) is 0 Å². The number of hydrogen-bond acceptors (Lipinski definition) is 0. The molecule has 0 radical (unpaired) electrons. The van der Waals surface area contributed by atoms with Crippen molar-refractivity contribution in [2.45, 2.75) is 20.3 Å². The number of rotatable bonds is 1. The number of halogens is 2. The third kappa shape index (κ3) is 6.14. The van der Waals surface area contributed by atoms with Gasteiger partial charge < -0.3 is 0 Å². The van der Waals surface area contributed by atoms with E-state index in [4.69, 9.17) is 0 Å². The van der Waals surface area contributed by atoms with E-state index in [0.717, 1.165) is 6.42 Å². The van der Waals surface area contributed by atoms with E-state index in [9.17, 15) is 0 Å². The van der Waals surface area contributed by atoms with Crippen molar-refractivity contribution in [3.05, 3.63) is 23.8 Å². The Bertz CT molecular complexity index is 139. The van der Waals surface area contributed by atoms with E-state index in [1.54, 1.807) is 0 Å². The summed E-state index contributed by atoms with van der Waals surface area (Å²) in [6.45, 7) is 4.41. The molecule has 1 rings (SSSR count). The fourth-order valence-corrected chi connectivity index (χ4v) is 0.815. The quantitative estimate of drug-likeness (QED) is 0.643. The van der Waals surface area contributed by atoms with Crippen LogP contribution in [0.2, 0.25) is 0 Å². The fourth-order valence-electron chi connectivity index (χ4n) is 0.815. The van der Waals surface area contributed by atoms with Crippen LogP contribution >= 0.6 is 24.8 Å². The monoisotopic (exact) mass is 269 g/mol. The van der Waals surface area contributed by atoms with Crippen molar-refractivity contribution in [1.29, 1.82) is 0 Å². The third-order valence-corrected chi connectivity index (χ3v) is 1.39. The van der Waals surface area contributed by atoms with Crippen LogP contribution in [-0.2, 0) is 26.2 Å². The zero-order chi connectivity index (χ0) is 5.98. The van der Waals surface area contributed by atoms with Gasteiger partial charge in [0.2, 0.25) is 0 Å². The Morgan fingerprint density at radius 1 is 1.36 bits per heavy atom. The van der Waals surface area contributed by atoms with Crippen LogP contribution in [0.1, 0.15) is 20.3 Å². The van der Waals surface area contributed by atoms with Crippen LogP contribution in [0.3, 0.4) is 0 Å². The largest absolute Gasteiger partial charge is 0.273 e. The standard InChI is InChI=1S/C8H11.2ClH.Zr/c1-7(2)8-5-3-4-6-8;;;/h5-7H,3H2,1-2H3;2*1H;/q-1;;;. The van der Waals surface area contributed by atoms with Crippen LogP contribution in [0.4, 0.5) is 0 Å². The second-order valence-electron chi connectivity index (χ2n) is 2.41. The number of allylic oxidation sites excluding steroid dienone is 4. The first kappa shape index (κ1) is 17.9. The van der Waals surface area contributed by atoms with E-state index in [1.807, 2.05) is 0 Å². The van der Waals surface area contributed by atoms with Crippen molar-refractivity contribution >= 4 is 24.8 Å². The summed E-state index contributed by atoms with van der Waals surface area (Å²) in [5, 5.41) is 0. The van der Waals surface area contributed by atoms with Gasteiger partial charge in [0.1, 0.15) is 0 Å². The van der Waals surface area contributed by atoms with Crippen molar-refractivity contribution < 1.29 is 26.2 Å². The van der Waals surface area contributed by atoms with Crippen LogP contribution in [0, 0.1) is 12.0 Å². The molecule has 11 heavy (non-hydrogen) atoms. The molecule has 0 heterocycles. The van der Waals surface area contributed by atoms with Gasteiger partial charge in [-0.1, -0.05) is 19.8 Å². The van der Waals surface area contributed by atoms with Gasteiger partial charge in [0, 0.05) is 26.2 Å². The van der Waals surface area contributed by atoms with Gasteiger partial charge in [-0.2, -0.15) is 11.6 Å². The van der Waals surface area contributed by atoms with Crippen LogP contribution in [0.25, 0.3) is 0 Å². The van der Waals surface area contributed by atoms with Gasteiger partial charge in [-0.05, 0) is 0 Å². The second-order valence-corrected chi connectivity index (χ2v) is 2.41. The summed E-state index contributed by atoms with van der Waals surface area (Å²) in [4.78, 5) is 0. The predicted octanol–water partition coefficient (Wildman–Crippen LogP) is 3.17. The topological polar surface area (TPSA) is 0 Å². The van der Waals surface area contributed by atoms with Crippen molar-refractivity contribution in [2.24, 2.45) is 5.92 Å². The van der Waals surface area contributed by atoms with Gasteiger partial charge in [-0.3, -0.25) is 6.08 Å². The Hall–Kier alpha value is 0.943. The fraction of sp³-hybridized carbons (Fsp3) is 0.500. The molecule has 0 amide bonds. The molecule has 0 aliphatic heterocycles. The van der Waals surface area contributed by atoms with Gasteiger partial charge in [0.25, 0.3) is 0 Å². The first-order valence-electron chi connectivity index (χ1n) is 3.07. The zero-order valence-corrected chi connectivity index (χ0v) is 10.8. The minimum absolute atomic E-state index is 0. The van der Waals surface area contributed by atoms with Gasteiger partial charge in [0.15, 0.2) is 0 Å². The zero-order valence-electron chi connectivity index (χ0n) is 6.76. The molecule has 0 fully saturated rings. The van der Waals surface area contributed by atoms with Crippen molar-refractivity contribution in [1.82, 2.24) is 0 Å². The summed E-state index contributed by atoms with van der Waals surface area (Å²) in [7, 11) is 0. The summed E-state index contributed by atoms with van der Waals surface area (Å²) < 4.78 is 0. The Kier molecular flexibility index (Phi) is 14.7. The summed E-state index contributed by atoms with van der Waals surface area (Å²) in [6, 6.07) is 0. The summed E-state index contributed by atoms with van der Waals surface area (Å²) in [5.74, 6) is 0.685. The summed E-state index contributed by atoms with van der Waals surface area (Å²) in [6.07, 6.45) is 8.47. The second kappa shape index (κ2) is 9.03. The van der Waals surface area contributed by atoms with E-state index >= 15 is 0 Å². The first-order chi connectivity index (χ1) is 3.80. The molecule has 3 heteroatoms. The molecule has 0 saturated carbocycles. The molecule has 0 aromatic rings. The molecule has 0 unspecified atom stereocenters. The minimum atomic E-state index is 0. The molecule has 0 aromatic heterocycles. The average molecular weight is 271 g/mol. The predicted molar refractivity (Wildman–Crippen MR) is 49.8 cm³/mol. The van der Waals surface area contributed by atoms with E-state index in [-0.39, 0.29) is 51.0 Å². The molecule has 0 saturated heterocycles. The van der Waals surface area contributed by atoms with Crippen LogP contribution in [0.15, 0.2) is 17.7 Å². The van der Waals surface area contributed by atoms with Crippen molar-refractivity contribution in [3.8, 4) is 0 Å². The summed E-state index contributed by atoms with van der Waals surface area (Å²) in [5.41, 5.74) is 1.44. The van der Waals surface area contributed by atoms with Gasteiger partial charge >= 0.3 is 0 Å². The molecule has 0 N–H and O–H groups in total. The van der Waals surface area contributed by atoms with E-state index < -0.39 is 0 Å². The molecule has 1 aliphatic carbocycles. The molecule has 0 aromatic carbocycles. The molecular formula is C8H13Cl2Zr-. The molecule has 1 aliphatic rings. The molecule has 0 bridgehead atoms. The van der Waals surface area contributed by atoms with E-state index in [2.05, 4.69) is 32.1 Å². The van der Waals surface area contributed by atoms with Crippen LogP contribution < -0.4 is 0 Å². The Morgan fingerprint density at radius 3 is 2.09 bits per heavy atom. The maximum absolute atomic E-state index is 3.14. The molecular weight excluding hydrogens is 258 g/mol. The smallest absolute Gasteiger partial charge is 0 e. The Labute approximate surface area is 100 Å². The molecule has 64 valence electrons. The Balaban J connectivity index is -0.000000213. The number of hydrogen-bond donors (Lipinski definition) is 0. The van der Waals surface area contributed by atoms with Gasteiger partial charge in [-0.25, -0.2) is 6.08 Å². The van der Waals surface area contributed by atoms with Crippen LogP contribution in [0.5, 0.6) is 0 Å². The minimum Gasteiger partial charge on any atom is -0.273 e. The van der Waals surface area contributed by atoms with Gasteiger partial charge in [0.05, 0.1) is 0 Å². The normalized spacial score (nSPS) is 12.8. The molecule has 0 nitrogen and oxygen atoms in total. The molecule has 0 spiro atoms. The first-order valence-corrected chi connectivity index (χ1v) is 3.07. The maximum Gasteiger partial charge on any atom is 0 e. The van der Waals surface area contributed by atoms with Crippen molar-refractivity contribution in [2.75, 3.05) is 0 Å². The SMILES string of the molecule is CC(C)C1=CC[C-]=C1.Cl.Cl.[Zr]. The summed E-state index contributed by atoms with van der Waals surface area (Å²) >= 11 is 0. The maximum atomic E-state index is 3.14. The van der Waals surface area contributed by atoms with E-state index in [0.29, 0.717) is 5.92 Å². The van der Waals surface area contributed by atoms with E-state index in [1.165, 1.54) is 5.57 Å². The van der Waals surface area contributed by atoms with Crippen LogP contribution in [-0.4, -0.2) is 0 Å².